The Balaban J connectivity index is 1.50. The molecular formula is C26H25BrN2O. The van der Waals surface area contributed by atoms with E-state index in [4.69, 9.17) is 0 Å². The van der Waals surface area contributed by atoms with E-state index < -0.39 is 0 Å². The maximum atomic E-state index is 12.5. The molecule has 0 fully saturated rings. The lowest BCUT2D eigenvalue weighted by molar-refractivity contribution is 0.223. The lowest BCUT2D eigenvalue weighted by Gasteiger charge is -2.18. The summed E-state index contributed by atoms with van der Waals surface area (Å²) in [4.78, 5) is 14.3. The van der Waals surface area contributed by atoms with Crippen LogP contribution in [0.15, 0.2) is 83.3 Å². The van der Waals surface area contributed by atoms with Gasteiger partial charge in [0.05, 0.1) is 0 Å². The second-order valence-electron chi connectivity index (χ2n) is 7.58. The summed E-state index contributed by atoms with van der Waals surface area (Å²) in [6.45, 7) is 0.646. The second kappa shape index (κ2) is 9.31. The molecule has 0 atom stereocenters. The molecule has 0 spiro atoms. The van der Waals surface area contributed by atoms with Crippen molar-refractivity contribution in [1.29, 1.82) is 0 Å². The molecule has 0 saturated carbocycles. The number of carbonyl (C=O) groups is 1. The molecule has 1 aliphatic carbocycles. The Hall–Kier alpha value is -2.85. The van der Waals surface area contributed by atoms with E-state index in [9.17, 15) is 4.79 Å². The first-order valence-corrected chi connectivity index (χ1v) is 11.1. The SMILES string of the molecule is CN(CCC=C1c2ccccc2CCc2ccccc21)C(=O)Nc1cccc(Br)c1. The number of hydrogen-bond donors (Lipinski definition) is 1. The summed E-state index contributed by atoms with van der Waals surface area (Å²) >= 11 is 3.44. The molecule has 0 bridgehead atoms. The number of amides is 2. The van der Waals surface area contributed by atoms with Crippen LogP contribution >= 0.6 is 15.9 Å². The fourth-order valence-corrected chi connectivity index (χ4v) is 4.32. The molecule has 3 aromatic rings. The molecule has 3 nitrogen and oxygen atoms in total. The van der Waals surface area contributed by atoms with Gasteiger partial charge in [0.15, 0.2) is 0 Å². The predicted molar refractivity (Wildman–Crippen MR) is 128 cm³/mol. The van der Waals surface area contributed by atoms with Crippen molar-refractivity contribution in [3.63, 3.8) is 0 Å². The van der Waals surface area contributed by atoms with Crippen molar-refractivity contribution in [1.82, 2.24) is 4.90 Å². The van der Waals surface area contributed by atoms with E-state index in [0.717, 1.165) is 29.4 Å². The van der Waals surface area contributed by atoms with Crippen LogP contribution < -0.4 is 5.32 Å². The standard InChI is InChI=1S/C26H25BrN2O/c1-29(26(30)28-22-11-6-10-21(27)18-22)17-7-14-25-23-12-4-2-8-19(23)15-16-20-9-3-5-13-24(20)25/h2-6,8-14,18H,7,15-17H2,1H3,(H,28,30). The Bertz CT molecular complexity index is 1040. The number of fused-ring (bicyclic) bond motifs is 2. The maximum absolute atomic E-state index is 12.5. The van der Waals surface area contributed by atoms with Crippen LogP contribution in [0.25, 0.3) is 5.57 Å². The normalized spacial score (nSPS) is 12.4. The number of anilines is 1. The van der Waals surface area contributed by atoms with E-state index >= 15 is 0 Å². The Morgan fingerprint density at radius 3 is 2.23 bits per heavy atom. The number of rotatable bonds is 4. The largest absolute Gasteiger partial charge is 0.327 e. The van der Waals surface area contributed by atoms with Gasteiger partial charge in [-0.3, -0.25) is 0 Å². The molecule has 1 N–H and O–H groups in total. The highest BCUT2D eigenvalue weighted by atomic mass is 79.9. The molecule has 0 aliphatic heterocycles. The van der Waals surface area contributed by atoms with Crippen LogP contribution in [0.2, 0.25) is 0 Å². The van der Waals surface area contributed by atoms with E-state index in [1.807, 2.05) is 31.3 Å². The first kappa shape index (κ1) is 20.4. The van der Waals surface area contributed by atoms with Crippen LogP contribution in [0.1, 0.15) is 28.7 Å². The Morgan fingerprint density at radius 1 is 0.967 bits per heavy atom. The summed E-state index contributed by atoms with van der Waals surface area (Å²) in [6.07, 6.45) is 5.19. The van der Waals surface area contributed by atoms with Crippen molar-refractivity contribution < 1.29 is 4.79 Å². The van der Waals surface area contributed by atoms with Gasteiger partial charge in [-0.15, -0.1) is 0 Å². The van der Waals surface area contributed by atoms with Crippen molar-refractivity contribution in [3.05, 3.63) is 106 Å². The van der Waals surface area contributed by atoms with Gasteiger partial charge in [0.1, 0.15) is 0 Å². The summed E-state index contributed by atoms with van der Waals surface area (Å²) in [5.41, 5.74) is 7.46. The first-order valence-electron chi connectivity index (χ1n) is 10.3. The average molecular weight is 461 g/mol. The third kappa shape index (κ3) is 4.65. The molecule has 0 radical (unpaired) electrons. The van der Waals surface area contributed by atoms with Crippen LogP contribution in [0, 0.1) is 0 Å². The lowest BCUT2D eigenvalue weighted by atomic mass is 9.93. The van der Waals surface area contributed by atoms with E-state index in [1.165, 1.54) is 27.8 Å². The molecule has 0 unspecified atom stereocenters. The minimum absolute atomic E-state index is 0.104. The third-order valence-electron chi connectivity index (χ3n) is 5.51. The molecule has 30 heavy (non-hydrogen) atoms. The maximum Gasteiger partial charge on any atom is 0.321 e. The van der Waals surface area contributed by atoms with Gasteiger partial charge in [0, 0.05) is 23.8 Å². The van der Waals surface area contributed by atoms with Gasteiger partial charge in [-0.05, 0) is 65.3 Å². The van der Waals surface area contributed by atoms with Gasteiger partial charge in [-0.25, -0.2) is 4.79 Å². The quantitative estimate of drug-likeness (QED) is 0.471. The minimum Gasteiger partial charge on any atom is -0.327 e. The van der Waals surface area contributed by atoms with Crippen molar-refractivity contribution in [3.8, 4) is 0 Å². The van der Waals surface area contributed by atoms with Crippen LogP contribution in [0.3, 0.4) is 0 Å². The molecule has 1 aliphatic rings. The Morgan fingerprint density at radius 2 is 1.60 bits per heavy atom. The average Bonchev–Trinajstić information content (AvgIpc) is 2.91. The van der Waals surface area contributed by atoms with Crippen LogP contribution in [-0.2, 0) is 12.8 Å². The molecule has 4 rings (SSSR count). The number of urea groups is 1. The highest BCUT2D eigenvalue weighted by Crippen LogP contribution is 2.33. The Labute approximate surface area is 186 Å². The molecule has 152 valence electrons. The highest BCUT2D eigenvalue weighted by molar-refractivity contribution is 9.10. The molecule has 4 heteroatoms. The van der Waals surface area contributed by atoms with Crippen molar-refractivity contribution in [2.75, 3.05) is 18.9 Å². The first-order chi connectivity index (χ1) is 14.6. The number of carbonyl (C=O) groups excluding carboxylic acids is 1. The number of halogens is 1. The number of nitrogens with one attached hydrogen (secondary N) is 1. The van der Waals surface area contributed by atoms with Crippen molar-refractivity contribution >= 4 is 33.2 Å². The topological polar surface area (TPSA) is 32.3 Å². The van der Waals surface area contributed by atoms with Crippen molar-refractivity contribution in [2.24, 2.45) is 0 Å². The zero-order valence-electron chi connectivity index (χ0n) is 17.1. The summed E-state index contributed by atoms with van der Waals surface area (Å²) in [5.74, 6) is 0. The van der Waals surface area contributed by atoms with E-state index in [2.05, 4.69) is 75.9 Å². The van der Waals surface area contributed by atoms with Gasteiger partial charge in [0.25, 0.3) is 0 Å². The zero-order chi connectivity index (χ0) is 20.9. The summed E-state index contributed by atoms with van der Waals surface area (Å²) in [6, 6.07) is 24.9. The summed E-state index contributed by atoms with van der Waals surface area (Å²) in [7, 11) is 1.83. The fraction of sp³-hybridized carbons (Fsp3) is 0.192. The lowest BCUT2D eigenvalue weighted by Crippen LogP contribution is -2.31. The monoisotopic (exact) mass is 460 g/mol. The minimum atomic E-state index is -0.104. The van der Waals surface area contributed by atoms with E-state index in [1.54, 1.807) is 4.90 Å². The number of aryl methyl sites for hydroxylation is 2. The van der Waals surface area contributed by atoms with Gasteiger partial charge in [-0.1, -0.05) is 76.6 Å². The molecule has 0 aromatic heterocycles. The predicted octanol–water partition coefficient (Wildman–Crippen LogP) is 6.53. The molecule has 3 aromatic carbocycles. The number of hydrogen-bond acceptors (Lipinski definition) is 1. The summed E-state index contributed by atoms with van der Waals surface area (Å²) in [5, 5.41) is 2.95. The van der Waals surface area contributed by atoms with Crippen LogP contribution in [0.5, 0.6) is 0 Å². The van der Waals surface area contributed by atoms with Crippen LogP contribution in [0.4, 0.5) is 10.5 Å². The van der Waals surface area contributed by atoms with Gasteiger partial charge in [0.2, 0.25) is 0 Å². The highest BCUT2D eigenvalue weighted by Gasteiger charge is 2.17. The van der Waals surface area contributed by atoms with Crippen molar-refractivity contribution in [2.45, 2.75) is 19.3 Å². The zero-order valence-corrected chi connectivity index (χ0v) is 18.7. The third-order valence-corrected chi connectivity index (χ3v) is 6.01. The molecule has 0 saturated heterocycles. The summed E-state index contributed by atoms with van der Waals surface area (Å²) < 4.78 is 0.943. The van der Waals surface area contributed by atoms with Crippen LogP contribution in [-0.4, -0.2) is 24.5 Å². The molecule has 0 heterocycles. The van der Waals surface area contributed by atoms with E-state index in [0.29, 0.717) is 6.54 Å². The number of benzene rings is 3. The van der Waals surface area contributed by atoms with Gasteiger partial charge in [-0.2, -0.15) is 0 Å². The molecular weight excluding hydrogens is 436 g/mol. The fourth-order valence-electron chi connectivity index (χ4n) is 3.93. The Kier molecular flexibility index (Phi) is 6.34. The number of nitrogens with zero attached hydrogens (tertiary/aromatic N) is 1. The molecule has 2 amide bonds. The van der Waals surface area contributed by atoms with Gasteiger partial charge < -0.3 is 10.2 Å². The smallest absolute Gasteiger partial charge is 0.321 e. The second-order valence-corrected chi connectivity index (χ2v) is 8.50. The van der Waals surface area contributed by atoms with E-state index in [-0.39, 0.29) is 6.03 Å². The van der Waals surface area contributed by atoms with Gasteiger partial charge >= 0.3 is 6.03 Å².